The summed E-state index contributed by atoms with van der Waals surface area (Å²) in [6.45, 7) is 2.42. The van der Waals surface area contributed by atoms with Crippen molar-refractivity contribution in [1.82, 2.24) is 9.55 Å². The summed E-state index contributed by atoms with van der Waals surface area (Å²) in [6.07, 6.45) is 8.25. The first-order chi connectivity index (χ1) is 13.5. The smallest absolute Gasteiger partial charge is 0.335 e. The molecule has 6 nitrogen and oxygen atoms in total. The van der Waals surface area contributed by atoms with E-state index in [1.807, 2.05) is 6.92 Å². The van der Waals surface area contributed by atoms with Gasteiger partial charge in [-0.2, -0.15) is 0 Å². The van der Waals surface area contributed by atoms with Crippen molar-refractivity contribution in [1.29, 1.82) is 0 Å². The number of hydrogen-bond acceptors (Lipinski definition) is 4. The van der Waals surface area contributed by atoms with Crippen molar-refractivity contribution in [3.05, 3.63) is 67.3 Å². The minimum atomic E-state index is -0.712. The Morgan fingerprint density at radius 2 is 2.00 bits per heavy atom. The van der Waals surface area contributed by atoms with Crippen LogP contribution in [0.3, 0.4) is 0 Å². The van der Waals surface area contributed by atoms with E-state index in [-0.39, 0.29) is 5.56 Å². The van der Waals surface area contributed by atoms with Crippen LogP contribution in [-0.4, -0.2) is 26.9 Å². The predicted molar refractivity (Wildman–Crippen MR) is 112 cm³/mol. The molecule has 3 rings (SSSR count). The monoisotopic (exact) mass is 401 g/mol. The highest BCUT2D eigenvalue weighted by Crippen LogP contribution is 2.22. The van der Waals surface area contributed by atoms with E-state index in [0.29, 0.717) is 29.4 Å². The normalized spacial score (nSPS) is 14.8. The van der Waals surface area contributed by atoms with Crippen LogP contribution >= 0.6 is 11.6 Å². The lowest BCUT2D eigenvalue weighted by molar-refractivity contribution is 0.429. The van der Waals surface area contributed by atoms with Crippen molar-refractivity contribution >= 4 is 17.3 Å². The quantitative estimate of drug-likeness (QED) is 0.567. The molecular weight excluding hydrogens is 378 g/mol. The van der Waals surface area contributed by atoms with Crippen LogP contribution < -0.4 is 11.2 Å². The van der Waals surface area contributed by atoms with Gasteiger partial charge in [-0.3, -0.25) is 14.8 Å². The number of halogens is 1. The van der Waals surface area contributed by atoms with Gasteiger partial charge in [-0.05, 0) is 62.8 Å². The molecule has 0 saturated heterocycles. The van der Waals surface area contributed by atoms with Gasteiger partial charge in [0.1, 0.15) is 5.56 Å². The van der Waals surface area contributed by atoms with Crippen LogP contribution in [0.15, 0.2) is 50.5 Å². The standard InChI is InChI=1S/C21H24ClN3O3/c1-2-17(23-13-12-14-6-4-3-5-7-14)18-19(26)24-21(28)25(20(18)27)16-10-8-15(22)9-11-16/h6,8-11,27H,2-5,7,12-13H2,1H3,(H,24,26,28). The summed E-state index contributed by atoms with van der Waals surface area (Å²) in [5.74, 6) is -0.409. The molecule has 1 aliphatic carbocycles. The second-order valence-corrected chi connectivity index (χ2v) is 7.25. The topological polar surface area (TPSA) is 87.4 Å². The lowest BCUT2D eigenvalue weighted by Crippen LogP contribution is -2.33. The number of aromatic nitrogens is 2. The minimum absolute atomic E-state index is 0.0367. The number of nitrogens with one attached hydrogen (secondary N) is 1. The van der Waals surface area contributed by atoms with Gasteiger partial charge in [0.05, 0.1) is 11.4 Å². The van der Waals surface area contributed by atoms with Crippen LogP contribution in [0.2, 0.25) is 5.02 Å². The summed E-state index contributed by atoms with van der Waals surface area (Å²) in [6, 6.07) is 6.42. The van der Waals surface area contributed by atoms with E-state index in [1.165, 1.54) is 18.4 Å². The van der Waals surface area contributed by atoms with E-state index < -0.39 is 17.1 Å². The van der Waals surface area contributed by atoms with Crippen molar-refractivity contribution < 1.29 is 5.11 Å². The third kappa shape index (κ3) is 4.44. The van der Waals surface area contributed by atoms with Crippen LogP contribution in [0.4, 0.5) is 0 Å². The van der Waals surface area contributed by atoms with Crippen LogP contribution in [0, 0.1) is 0 Å². The summed E-state index contributed by atoms with van der Waals surface area (Å²) in [5.41, 5.74) is 0.982. The Kier molecular flexibility index (Phi) is 6.52. The van der Waals surface area contributed by atoms with E-state index >= 15 is 0 Å². The first kappa shape index (κ1) is 20.1. The molecule has 28 heavy (non-hydrogen) atoms. The largest absolute Gasteiger partial charge is 0.493 e. The second kappa shape index (κ2) is 9.06. The third-order valence-corrected chi connectivity index (χ3v) is 5.17. The molecule has 148 valence electrons. The predicted octanol–water partition coefficient (Wildman–Crippen LogP) is 3.97. The molecule has 0 bridgehead atoms. The summed E-state index contributed by atoms with van der Waals surface area (Å²) < 4.78 is 1.06. The number of hydrogen-bond donors (Lipinski definition) is 2. The lowest BCUT2D eigenvalue weighted by Gasteiger charge is -2.13. The zero-order chi connectivity index (χ0) is 20.1. The average Bonchev–Trinajstić information content (AvgIpc) is 2.68. The molecule has 1 aromatic heterocycles. The first-order valence-electron chi connectivity index (χ1n) is 9.57. The molecule has 0 spiro atoms. The van der Waals surface area contributed by atoms with Crippen molar-refractivity contribution in [3.8, 4) is 11.6 Å². The molecule has 7 heteroatoms. The number of aliphatic imine (C=N–C) groups is 1. The highest BCUT2D eigenvalue weighted by atomic mass is 35.5. The van der Waals surface area contributed by atoms with Crippen LogP contribution in [0.5, 0.6) is 5.88 Å². The highest BCUT2D eigenvalue weighted by Gasteiger charge is 2.19. The number of rotatable bonds is 6. The van der Waals surface area contributed by atoms with Gasteiger partial charge in [0.25, 0.3) is 5.56 Å². The Labute approximate surface area is 168 Å². The Morgan fingerprint density at radius 3 is 2.64 bits per heavy atom. The fourth-order valence-corrected chi connectivity index (χ4v) is 3.57. The maximum atomic E-state index is 12.4. The maximum Gasteiger partial charge on any atom is 0.335 e. The SMILES string of the molecule is CCC(=NCCC1=CCCCC1)c1c(O)n(-c2ccc(Cl)cc2)c(=O)[nH]c1=O. The molecule has 2 aromatic rings. The van der Waals surface area contributed by atoms with Crippen LogP contribution in [0.25, 0.3) is 5.69 Å². The molecular formula is C21H24ClN3O3. The number of aromatic hydroxyl groups is 1. The highest BCUT2D eigenvalue weighted by molar-refractivity contribution is 6.30. The molecule has 0 unspecified atom stereocenters. The number of aromatic amines is 1. The van der Waals surface area contributed by atoms with Gasteiger partial charge in [-0.1, -0.05) is 30.2 Å². The zero-order valence-electron chi connectivity index (χ0n) is 15.9. The number of nitrogens with zero attached hydrogens (tertiary/aromatic N) is 2. The molecule has 1 aromatic carbocycles. The lowest BCUT2D eigenvalue weighted by atomic mass is 9.97. The van der Waals surface area contributed by atoms with Gasteiger partial charge in [0, 0.05) is 11.6 Å². The molecule has 2 N–H and O–H groups in total. The van der Waals surface area contributed by atoms with Gasteiger partial charge in [0.15, 0.2) is 0 Å². The number of allylic oxidation sites excluding steroid dienone is 1. The van der Waals surface area contributed by atoms with Crippen molar-refractivity contribution in [2.45, 2.75) is 45.4 Å². The van der Waals surface area contributed by atoms with Gasteiger partial charge in [-0.15, -0.1) is 0 Å². The molecule has 1 heterocycles. The van der Waals surface area contributed by atoms with E-state index in [0.717, 1.165) is 23.8 Å². The summed E-state index contributed by atoms with van der Waals surface area (Å²) in [4.78, 5) is 31.6. The van der Waals surface area contributed by atoms with Crippen LogP contribution in [0.1, 0.15) is 51.0 Å². The summed E-state index contributed by atoms with van der Waals surface area (Å²) in [5, 5.41) is 11.2. The van der Waals surface area contributed by atoms with Gasteiger partial charge >= 0.3 is 5.69 Å². The molecule has 0 atom stereocenters. The van der Waals surface area contributed by atoms with E-state index in [2.05, 4.69) is 16.1 Å². The fourth-order valence-electron chi connectivity index (χ4n) is 3.45. The average molecular weight is 402 g/mol. The van der Waals surface area contributed by atoms with Crippen molar-refractivity contribution in [3.63, 3.8) is 0 Å². The number of H-pyrrole nitrogens is 1. The fraction of sp³-hybridized carbons (Fsp3) is 0.381. The molecule has 0 saturated carbocycles. The molecule has 0 fully saturated rings. The molecule has 0 radical (unpaired) electrons. The maximum absolute atomic E-state index is 12.4. The Morgan fingerprint density at radius 1 is 1.25 bits per heavy atom. The molecule has 0 amide bonds. The van der Waals surface area contributed by atoms with E-state index in [4.69, 9.17) is 11.6 Å². The Hall–Kier alpha value is -2.60. The van der Waals surface area contributed by atoms with Gasteiger partial charge < -0.3 is 5.11 Å². The Balaban J connectivity index is 1.97. The number of benzene rings is 1. The third-order valence-electron chi connectivity index (χ3n) is 4.91. The molecule has 1 aliphatic rings. The summed E-state index contributed by atoms with van der Waals surface area (Å²) >= 11 is 5.90. The summed E-state index contributed by atoms with van der Waals surface area (Å²) in [7, 11) is 0. The van der Waals surface area contributed by atoms with Gasteiger partial charge in [-0.25, -0.2) is 9.36 Å². The van der Waals surface area contributed by atoms with Crippen LogP contribution in [-0.2, 0) is 0 Å². The zero-order valence-corrected chi connectivity index (χ0v) is 16.6. The van der Waals surface area contributed by atoms with Crippen molar-refractivity contribution in [2.75, 3.05) is 6.54 Å². The Bertz CT molecular complexity index is 1020. The van der Waals surface area contributed by atoms with Gasteiger partial charge in [0.2, 0.25) is 5.88 Å². The first-order valence-corrected chi connectivity index (χ1v) is 9.95. The van der Waals surface area contributed by atoms with E-state index in [9.17, 15) is 14.7 Å². The van der Waals surface area contributed by atoms with E-state index in [1.54, 1.807) is 24.3 Å². The molecule has 0 aliphatic heterocycles. The second-order valence-electron chi connectivity index (χ2n) is 6.81. The van der Waals surface area contributed by atoms with Crippen molar-refractivity contribution in [2.24, 2.45) is 4.99 Å². The minimum Gasteiger partial charge on any atom is -0.493 e.